The first-order chi connectivity index (χ1) is 11.7. The van der Waals surface area contributed by atoms with Gasteiger partial charge in [0.25, 0.3) is 0 Å². The van der Waals surface area contributed by atoms with Crippen LogP contribution in [0.1, 0.15) is 16.8 Å². The van der Waals surface area contributed by atoms with Crippen LogP contribution in [-0.2, 0) is 19.6 Å². The molecule has 4 nitrogen and oxygen atoms in total. The SMILES string of the molecule is Cc1cccnc1-c1cc2n(n1)CCN(Cc1cccc(F)c1)C2. The summed E-state index contributed by atoms with van der Waals surface area (Å²) in [5, 5.41) is 4.70. The number of aryl methyl sites for hydroxylation is 1. The van der Waals surface area contributed by atoms with Crippen molar-refractivity contribution in [2.45, 2.75) is 26.6 Å². The Balaban J connectivity index is 1.54. The lowest BCUT2D eigenvalue weighted by Crippen LogP contribution is -2.33. The van der Waals surface area contributed by atoms with Crippen molar-refractivity contribution in [1.29, 1.82) is 0 Å². The molecule has 0 atom stereocenters. The first kappa shape index (κ1) is 15.0. The highest BCUT2D eigenvalue weighted by Crippen LogP contribution is 2.23. The molecule has 122 valence electrons. The van der Waals surface area contributed by atoms with Crippen molar-refractivity contribution in [1.82, 2.24) is 19.7 Å². The smallest absolute Gasteiger partial charge is 0.123 e. The largest absolute Gasteiger partial charge is 0.291 e. The lowest BCUT2D eigenvalue weighted by molar-refractivity contribution is 0.205. The van der Waals surface area contributed by atoms with Crippen LogP contribution in [0.2, 0.25) is 0 Å². The van der Waals surface area contributed by atoms with Gasteiger partial charge in [0.15, 0.2) is 0 Å². The highest BCUT2D eigenvalue weighted by Gasteiger charge is 2.20. The van der Waals surface area contributed by atoms with Gasteiger partial charge in [-0.1, -0.05) is 18.2 Å². The number of halogens is 1. The Morgan fingerprint density at radius 1 is 1.12 bits per heavy atom. The normalized spacial score (nSPS) is 14.6. The standard InChI is InChI=1S/C19H19FN4/c1-14-4-3-7-21-19(14)18-11-17-13-23(8-9-24(17)22-18)12-15-5-2-6-16(20)10-15/h2-7,10-11H,8-9,12-13H2,1H3. The van der Waals surface area contributed by atoms with Gasteiger partial charge in [0, 0.05) is 25.8 Å². The maximum absolute atomic E-state index is 13.3. The molecule has 0 bridgehead atoms. The topological polar surface area (TPSA) is 34.0 Å². The minimum absolute atomic E-state index is 0.178. The van der Waals surface area contributed by atoms with E-state index in [1.165, 1.54) is 11.8 Å². The number of pyridine rings is 1. The molecule has 0 saturated heterocycles. The number of hydrogen-bond donors (Lipinski definition) is 0. The van der Waals surface area contributed by atoms with E-state index in [9.17, 15) is 4.39 Å². The lowest BCUT2D eigenvalue weighted by Gasteiger charge is -2.27. The zero-order valence-corrected chi connectivity index (χ0v) is 13.6. The summed E-state index contributed by atoms with van der Waals surface area (Å²) in [7, 11) is 0. The molecular weight excluding hydrogens is 303 g/mol. The first-order valence-electron chi connectivity index (χ1n) is 8.14. The Morgan fingerprint density at radius 2 is 2.04 bits per heavy atom. The fourth-order valence-electron chi connectivity index (χ4n) is 3.22. The molecule has 0 saturated carbocycles. The molecule has 0 N–H and O–H groups in total. The van der Waals surface area contributed by atoms with E-state index in [-0.39, 0.29) is 5.82 Å². The Labute approximate surface area is 140 Å². The summed E-state index contributed by atoms with van der Waals surface area (Å²) < 4.78 is 15.4. The Kier molecular flexibility index (Phi) is 3.86. The van der Waals surface area contributed by atoms with Gasteiger partial charge in [-0.3, -0.25) is 14.6 Å². The first-order valence-corrected chi connectivity index (χ1v) is 8.14. The van der Waals surface area contributed by atoms with Crippen LogP contribution in [0.5, 0.6) is 0 Å². The van der Waals surface area contributed by atoms with Crippen LogP contribution in [0.4, 0.5) is 4.39 Å². The van der Waals surface area contributed by atoms with Gasteiger partial charge in [0.05, 0.1) is 17.9 Å². The molecule has 1 aliphatic rings. The van der Waals surface area contributed by atoms with Crippen molar-refractivity contribution in [3.05, 3.63) is 71.3 Å². The van der Waals surface area contributed by atoms with E-state index < -0.39 is 0 Å². The van der Waals surface area contributed by atoms with E-state index in [2.05, 4.69) is 33.6 Å². The predicted octanol–water partition coefficient (Wildman–Crippen LogP) is 3.41. The molecule has 3 aromatic rings. The van der Waals surface area contributed by atoms with Gasteiger partial charge in [0.2, 0.25) is 0 Å². The number of benzene rings is 1. The minimum Gasteiger partial charge on any atom is -0.291 e. The van der Waals surface area contributed by atoms with Gasteiger partial charge >= 0.3 is 0 Å². The summed E-state index contributed by atoms with van der Waals surface area (Å²) >= 11 is 0. The van der Waals surface area contributed by atoms with Gasteiger partial charge < -0.3 is 0 Å². The van der Waals surface area contributed by atoms with Crippen molar-refractivity contribution in [2.75, 3.05) is 6.54 Å². The summed E-state index contributed by atoms with van der Waals surface area (Å²) in [6.45, 7) is 5.37. The number of fused-ring (bicyclic) bond motifs is 1. The van der Waals surface area contributed by atoms with Gasteiger partial charge in [-0.15, -0.1) is 0 Å². The molecule has 4 rings (SSSR count). The number of rotatable bonds is 3. The van der Waals surface area contributed by atoms with Crippen molar-refractivity contribution >= 4 is 0 Å². The molecule has 1 aliphatic heterocycles. The van der Waals surface area contributed by atoms with Crippen LogP contribution < -0.4 is 0 Å². The highest BCUT2D eigenvalue weighted by atomic mass is 19.1. The minimum atomic E-state index is -0.178. The highest BCUT2D eigenvalue weighted by molar-refractivity contribution is 5.58. The number of aromatic nitrogens is 3. The van der Waals surface area contributed by atoms with E-state index in [1.807, 2.05) is 12.1 Å². The molecule has 0 unspecified atom stereocenters. The molecule has 3 heterocycles. The second-order valence-electron chi connectivity index (χ2n) is 6.25. The van der Waals surface area contributed by atoms with Gasteiger partial charge in [-0.25, -0.2) is 4.39 Å². The molecule has 24 heavy (non-hydrogen) atoms. The average molecular weight is 322 g/mol. The van der Waals surface area contributed by atoms with Crippen molar-refractivity contribution in [3.63, 3.8) is 0 Å². The van der Waals surface area contributed by atoms with E-state index in [0.717, 1.165) is 48.7 Å². The quantitative estimate of drug-likeness (QED) is 0.741. The molecule has 1 aromatic carbocycles. The summed E-state index contributed by atoms with van der Waals surface area (Å²) in [5.41, 5.74) is 5.18. The zero-order valence-electron chi connectivity index (χ0n) is 13.6. The van der Waals surface area contributed by atoms with Crippen molar-refractivity contribution in [2.24, 2.45) is 0 Å². The van der Waals surface area contributed by atoms with Gasteiger partial charge in [-0.05, 0) is 42.3 Å². The predicted molar refractivity (Wildman–Crippen MR) is 90.7 cm³/mol. The monoisotopic (exact) mass is 322 g/mol. The molecular formula is C19H19FN4. The lowest BCUT2D eigenvalue weighted by atomic mass is 10.1. The number of hydrogen-bond acceptors (Lipinski definition) is 3. The van der Waals surface area contributed by atoms with Crippen LogP contribution in [0.25, 0.3) is 11.4 Å². The molecule has 0 aliphatic carbocycles. The van der Waals surface area contributed by atoms with Crippen LogP contribution in [-0.4, -0.2) is 26.2 Å². The third-order valence-corrected chi connectivity index (χ3v) is 4.42. The summed E-state index contributed by atoms with van der Waals surface area (Å²) in [4.78, 5) is 6.78. The summed E-state index contributed by atoms with van der Waals surface area (Å²) in [5.74, 6) is -0.178. The maximum atomic E-state index is 13.3. The average Bonchev–Trinajstić information content (AvgIpc) is 2.98. The second kappa shape index (κ2) is 6.17. The molecule has 0 amide bonds. The van der Waals surface area contributed by atoms with E-state index in [1.54, 1.807) is 18.3 Å². The number of nitrogens with zero attached hydrogens (tertiary/aromatic N) is 4. The van der Waals surface area contributed by atoms with Gasteiger partial charge in [-0.2, -0.15) is 5.10 Å². The molecule has 5 heteroatoms. The summed E-state index contributed by atoms with van der Waals surface area (Å²) in [6, 6.07) is 12.9. The fraction of sp³-hybridized carbons (Fsp3) is 0.263. The van der Waals surface area contributed by atoms with Crippen LogP contribution >= 0.6 is 0 Å². The molecule has 0 spiro atoms. The molecule has 0 fully saturated rings. The third kappa shape index (κ3) is 2.95. The van der Waals surface area contributed by atoms with Crippen LogP contribution in [0.3, 0.4) is 0 Å². The van der Waals surface area contributed by atoms with Crippen LogP contribution in [0, 0.1) is 12.7 Å². The third-order valence-electron chi connectivity index (χ3n) is 4.42. The Morgan fingerprint density at radius 3 is 2.88 bits per heavy atom. The second-order valence-corrected chi connectivity index (χ2v) is 6.25. The van der Waals surface area contributed by atoms with Crippen LogP contribution in [0.15, 0.2) is 48.7 Å². The fourth-order valence-corrected chi connectivity index (χ4v) is 3.22. The zero-order chi connectivity index (χ0) is 16.5. The Bertz CT molecular complexity index is 871. The van der Waals surface area contributed by atoms with Crippen molar-refractivity contribution < 1.29 is 4.39 Å². The van der Waals surface area contributed by atoms with Crippen molar-refractivity contribution in [3.8, 4) is 11.4 Å². The van der Waals surface area contributed by atoms with Gasteiger partial charge in [0.1, 0.15) is 11.5 Å². The molecule has 0 radical (unpaired) electrons. The Hall–Kier alpha value is -2.53. The maximum Gasteiger partial charge on any atom is 0.123 e. The summed E-state index contributed by atoms with van der Waals surface area (Å²) in [6.07, 6.45) is 1.80. The molecule has 2 aromatic heterocycles. The van der Waals surface area contributed by atoms with E-state index >= 15 is 0 Å². The van der Waals surface area contributed by atoms with E-state index in [0.29, 0.717) is 0 Å². The van der Waals surface area contributed by atoms with E-state index in [4.69, 9.17) is 5.10 Å².